The van der Waals surface area contributed by atoms with Crippen LogP contribution in [0, 0.1) is 5.92 Å². The first kappa shape index (κ1) is 31.1. The van der Waals surface area contributed by atoms with Gasteiger partial charge in [0, 0.05) is 60.6 Å². The van der Waals surface area contributed by atoms with E-state index < -0.39 is 0 Å². The molecule has 5 aromatic rings. The van der Waals surface area contributed by atoms with E-state index in [1.165, 1.54) is 61.6 Å². The van der Waals surface area contributed by atoms with Gasteiger partial charge in [-0.1, -0.05) is 122 Å². The second-order valence-electron chi connectivity index (χ2n) is 12.5. The zero-order valence-corrected chi connectivity index (χ0v) is 27.5. The number of allylic oxidation sites excluding steroid dienone is 12. The van der Waals surface area contributed by atoms with Crippen molar-refractivity contribution in [3.63, 3.8) is 0 Å². The third-order valence-electron chi connectivity index (χ3n) is 9.30. The molecular weight excluding hydrogens is 583 g/mol. The fourth-order valence-corrected chi connectivity index (χ4v) is 6.88. The Morgan fingerprint density at radius 2 is 1.29 bits per heavy atom. The van der Waals surface area contributed by atoms with Crippen LogP contribution in [-0.4, -0.2) is 14.5 Å². The summed E-state index contributed by atoms with van der Waals surface area (Å²) >= 11 is 0. The predicted molar refractivity (Wildman–Crippen MR) is 199 cm³/mol. The molecule has 48 heavy (non-hydrogen) atoms. The quantitative estimate of drug-likeness (QED) is 0.155. The van der Waals surface area contributed by atoms with Crippen molar-refractivity contribution in [3.05, 3.63) is 215 Å². The maximum atomic E-state index is 4.38. The number of rotatable bonds is 10. The van der Waals surface area contributed by atoms with Crippen molar-refractivity contribution < 1.29 is 0 Å². The highest BCUT2D eigenvalue weighted by Crippen LogP contribution is 2.36. The molecule has 3 aromatic heterocycles. The SMILES string of the molecule is CCC1=CC(c2ccccc2)=C(Cc2ccccc2)C=CC1C1=CCC=C(n2c(Cc3cccnc3)ccc2Cc2cccnc2)C=C1. The predicted octanol–water partition coefficient (Wildman–Crippen LogP) is 10.4. The van der Waals surface area contributed by atoms with Gasteiger partial charge in [-0.2, -0.15) is 0 Å². The minimum atomic E-state index is 0.209. The second kappa shape index (κ2) is 14.9. The molecule has 0 bridgehead atoms. The minimum Gasteiger partial charge on any atom is -0.318 e. The van der Waals surface area contributed by atoms with Gasteiger partial charge in [0.1, 0.15) is 0 Å². The summed E-state index contributed by atoms with van der Waals surface area (Å²) in [6.07, 6.45) is 28.7. The highest BCUT2D eigenvalue weighted by atomic mass is 15.0. The van der Waals surface area contributed by atoms with Gasteiger partial charge in [-0.05, 0) is 88.6 Å². The van der Waals surface area contributed by atoms with Gasteiger partial charge in [0.25, 0.3) is 0 Å². The van der Waals surface area contributed by atoms with Gasteiger partial charge >= 0.3 is 0 Å². The molecule has 0 amide bonds. The molecule has 3 heteroatoms. The first-order valence-electron chi connectivity index (χ1n) is 17.0. The Hall–Kier alpha value is -5.54. The Bertz CT molecular complexity index is 1960. The summed E-state index contributed by atoms with van der Waals surface area (Å²) in [5.41, 5.74) is 14.2. The lowest BCUT2D eigenvalue weighted by molar-refractivity contribution is 0.853. The van der Waals surface area contributed by atoms with Crippen LogP contribution in [-0.2, 0) is 19.3 Å². The molecule has 0 fully saturated rings. The molecule has 1 unspecified atom stereocenters. The van der Waals surface area contributed by atoms with Gasteiger partial charge in [0.15, 0.2) is 0 Å². The van der Waals surface area contributed by atoms with Gasteiger partial charge in [-0.25, -0.2) is 0 Å². The Morgan fingerprint density at radius 3 is 1.92 bits per heavy atom. The molecule has 3 heterocycles. The lowest BCUT2D eigenvalue weighted by Crippen LogP contribution is -2.07. The van der Waals surface area contributed by atoms with Crippen molar-refractivity contribution in [2.75, 3.05) is 0 Å². The first-order valence-corrected chi connectivity index (χ1v) is 17.0. The van der Waals surface area contributed by atoms with Crippen molar-refractivity contribution in [3.8, 4) is 0 Å². The van der Waals surface area contributed by atoms with Crippen LogP contribution in [0.15, 0.2) is 181 Å². The summed E-state index contributed by atoms with van der Waals surface area (Å²) in [4.78, 5) is 8.76. The zero-order valence-electron chi connectivity index (χ0n) is 27.5. The molecule has 0 radical (unpaired) electrons. The summed E-state index contributed by atoms with van der Waals surface area (Å²) < 4.78 is 2.44. The molecule has 0 spiro atoms. The van der Waals surface area contributed by atoms with Crippen LogP contribution in [0.2, 0.25) is 0 Å². The van der Waals surface area contributed by atoms with Crippen LogP contribution in [0.3, 0.4) is 0 Å². The second-order valence-corrected chi connectivity index (χ2v) is 12.5. The zero-order chi connectivity index (χ0) is 32.5. The summed E-state index contributed by atoms with van der Waals surface area (Å²) in [5, 5.41) is 0. The molecule has 0 aliphatic heterocycles. The molecule has 7 rings (SSSR count). The van der Waals surface area contributed by atoms with E-state index in [0.717, 1.165) is 32.1 Å². The average molecular weight is 624 g/mol. The van der Waals surface area contributed by atoms with Crippen molar-refractivity contribution >= 4 is 11.3 Å². The molecular formula is C45H41N3. The van der Waals surface area contributed by atoms with Crippen molar-refractivity contribution in [2.45, 2.75) is 39.0 Å². The molecule has 0 saturated heterocycles. The van der Waals surface area contributed by atoms with Crippen LogP contribution in [0.5, 0.6) is 0 Å². The van der Waals surface area contributed by atoms with Crippen LogP contribution < -0.4 is 0 Å². The number of aromatic nitrogens is 3. The number of hydrogen-bond donors (Lipinski definition) is 0. The number of hydrogen-bond acceptors (Lipinski definition) is 2. The fraction of sp³-hybridized carbons (Fsp3) is 0.156. The van der Waals surface area contributed by atoms with Gasteiger partial charge in [0.05, 0.1) is 0 Å². The molecule has 2 aliphatic rings. The fourth-order valence-electron chi connectivity index (χ4n) is 6.88. The molecule has 1 atom stereocenters. The third-order valence-corrected chi connectivity index (χ3v) is 9.30. The van der Waals surface area contributed by atoms with Crippen molar-refractivity contribution in [2.24, 2.45) is 5.92 Å². The van der Waals surface area contributed by atoms with Crippen molar-refractivity contribution in [1.29, 1.82) is 0 Å². The lowest BCUT2D eigenvalue weighted by Gasteiger charge is -2.18. The van der Waals surface area contributed by atoms with E-state index >= 15 is 0 Å². The average Bonchev–Trinajstić information content (AvgIpc) is 3.27. The molecule has 2 aromatic carbocycles. The first-order chi connectivity index (χ1) is 23.7. The maximum absolute atomic E-state index is 4.38. The summed E-state index contributed by atoms with van der Waals surface area (Å²) in [6, 6.07) is 34.6. The van der Waals surface area contributed by atoms with E-state index in [1.54, 1.807) is 0 Å². The van der Waals surface area contributed by atoms with Crippen molar-refractivity contribution in [1.82, 2.24) is 14.5 Å². The van der Waals surface area contributed by atoms with E-state index in [0.29, 0.717) is 0 Å². The monoisotopic (exact) mass is 623 g/mol. The van der Waals surface area contributed by atoms with Gasteiger partial charge in [-0.3, -0.25) is 9.97 Å². The van der Waals surface area contributed by atoms with Gasteiger partial charge in [-0.15, -0.1) is 0 Å². The topological polar surface area (TPSA) is 30.7 Å². The maximum Gasteiger partial charge on any atom is 0.0418 e. The largest absolute Gasteiger partial charge is 0.318 e. The van der Waals surface area contributed by atoms with Crippen LogP contribution in [0.25, 0.3) is 11.3 Å². The lowest BCUT2D eigenvalue weighted by atomic mass is 9.87. The highest BCUT2D eigenvalue weighted by molar-refractivity contribution is 5.81. The standard InChI is InChI=1S/C45H41N3/c1-2-37-31-45(38-16-7-4-8-17-38)40(28-34-12-5-3-6-13-34)21-25-44(37)39-18-9-19-41(22-20-39)48-42(29-35-14-10-26-46-32-35)23-24-43(48)30-36-15-11-27-47-33-36/h3-8,10-27,31-33,44H,2,9,28-30H2,1H3. The smallest absolute Gasteiger partial charge is 0.0418 e. The van der Waals surface area contributed by atoms with Crippen LogP contribution >= 0.6 is 0 Å². The summed E-state index contributed by atoms with van der Waals surface area (Å²) in [7, 11) is 0. The van der Waals surface area contributed by atoms with E-state index in [1.807, 2.05) is 36.9 Å². The third kappa shape index (κ3) is 7.21. The summed E-state index contributed by atoms with van der Waals surface area (Å²) in [5.74, 6) is 0.209. The Kier molecular flexibility index (Phi) is 9.66. The Balaban J connectivity index is 1.22. The van der Waals surface area contributed by atoms with Gasteiger partial charge in [0.2, 0.25) is 0 Å². The van der Waals surface area contributed by atoms with E-state index in [9.17, 15) is 0 Å². The van der Waals surface area contributed by atoms with E-state index in [-0.39, 0.29) is 5.92 Å². The molecule has 0 N–H and O–H groups in total. The van der Waals surface area contributed by atoms with Crippen LogP contribution in [0.4, 0.5) is 0 Å². The van der Waals surface area contributed by atoms with Crippen LogP contribution in [0.1, 0.15) is 53.4 Å². The van der Waals surface area contributed by atoms with E-state index in [2.05, 4.69) is 149 Å². The molecule has 3 nitrogen and oxygen atoms in total. The minimum absolute atomic E-state index is 0.209. The Labute approximate surface area is 284 Å². The molecule has 2 aliphatic carbocycles. The van der Waals surface area contributed by atoms with E-state index in [4.69, 9.17) is 0 Å². The number of nitrogens with zero attached hydrogens (tertiary/aromatic N) is 3. The number of benzene rings is 2. The number of pyridine rings is 2. The highest BCUT2D eigenvalue weighted by Gasteiger charge is 2.21. The molecule has 0 saturated carbocycles. The van der Waals surface area contributed by atoms with Gasteiger partial charge < -0.3 is 4.57 Å². The molecule has 236 valence electrons. The summed E-state index contributed by atoms with van der Waals surface area (Å²) in [6.45, 7) is 2.29. The normalized spacial score (nSPS) is 16.2. The Morgan fingerprint density at radius 1 is 0.646 bits per heavy atom.